The van der Waals surface area contributed by atoms with Gasteiger partial charge in [-0.1, -0.05) is 11.6 Å². The largest absolute Gasteiger partial charge is 0.354 e. The molecule has 5 heteroatoms. The summed E-state index contributed by atoms with van der Waals surface area (Å²) in [6.07, 6.45) is 3.35. The van der Waals surface area contributed by atoms with Crippen molar-refractivity contribution in [2.45, 2.75) is 0 Å². The van der Waals surface area contributed by atoms with Crippen molar-refractivity contribution in [3.8, 4) is 0 Å². The molecular formula is C11H7BrClFN2. The van der Waals surface area contributed by atoms with Crippen LogP contribution in [0.1, 0.15) is 0 Å². The Kier molecular flexibility index (Phi) is 3.41. The Morgan fingerprint density at radius 3 is 2.69 bits per heavy atom. The first-order valence-corrected chi connectivity index (χ1v) is 5.65. The van der Waals surface area contributed by atoms with Gasteiger partial charge in [-0.05, 0) is 40.2 Å². The summed E-state index contributed by atoms with van der Waals surface area (Å²) in [5.74, 6) is -0.431. The SMILES string of the molecule is Fc1ccc(Nc2cncc(Br)c2)cc1Cl. The summed E-state index contributed by atoms with van der Waals surface area (Å²) in [5.41, 5.74) is 1.52. The molecule has 1 heterocycles. The minimum atomic E-state index is -0.431. The van der Waals surface area contributed by atoms with Crippen molar-refractivity contribution in [1.29, 1.82) is 0 Å². The minimum Gasteiger partial charge on any atom is -0.354 e. The number of halogens is 3. The van der Waals surface area contributed by atoms with Crippen LogP contribution in [-0.4, -0.2) is 4.98 Å². The van der Waals surface area contributed by atoms with Crippen molar-refractivity contribution in [1.82, 2.24) is 4.98 Å². The van der Waals surface area contributed by atoms with Crippen LogP contribution in [0.25, 0.3) is 0 Å². The van der Waals surface area contributed by atoms with Gasteiger partial charge in [0, 0.05) is 16.4 Å². The summed E-state index contributed by atoms with van der Waals surface area (Å²) in [6, 6.07) is 6.32. The molecule has 2 rings (SSSR count). The van der Waals surface area contributed by atoms with Crippen LogP contribution in [0.4, 0.5) is 15.8 Å². The average Bonchev–Trinajstić information content (AvgIpc) is 2.24. The third kappa shape index (κ3) is 2.71. The van der Waals surface area contributed by atoms with E-state index in [4.69, 9.17) is 11.6 Å². The molecule has 0 saturated heterocycles. The number of nitrogens with zero attached hydrogens (tertiary/aromatic N) is 1. The minimum absolute atomic E-state index is 0.0907. The van der Waals surface area contributed by atoms with Gasteiger partial charge in [0.1, 0.15) is 5.82 Å². The molecule has 82 valence electrons. The highest BCUT2D eigenvalue weighted by molar-refractivity contribution is 9.10. The fourth-order valence-electron chi connectivity index (χ4n) is 1.22. The van der Waals surface area contributed by atoms with E-state index in [1.807, 2.05) is 6.07 Å². The van der Waals surface area contributed by atoms with Gasteiger partial charge in [-0.25, -0.2) is 4.39 Å². The van der Waals surface area contributed by atoms with Crippen LogP contribution in [0.5, 0.6) is 0 Å². The van der Waals surface area contributed by atoms with Crippen molar-refractivity contribution in [2.75, 3.05) is 5.32 Å². The Hall–Kier alpha value is -1.13. The maximum atomic E-state index is 12.9. The van der Waals surface area contributed by atoms with Gasteiger partial charge in [0.2, 0.25) is 0 Å². The van der Waals surface area contributed by atoms with E-state index < -0.39 is 5.82 Å². The summed E-state index contributed by atoms with van der Waals surface area (Å²) < 4.78 is 13.8. The maximum Gasteiger partial charge on any atom is 0.141 e. The number of rotatable bonds is 2. The van der Waals surface area contributed by atoms with Gasteiger partial charge in [0.05, 0.1) is 16.9 Å². The lowest BCUT2D eigenvalue weighted by molar-refractivity contribution is 0.628. The molecule has 0 unspecified atom stereocenters. The van der Waals surface area contributed by atoms with Crippen LogP contribution in [0.15, 0.2) is 41.1 Å². The van der Waals surface area contributed by atoms with Crippen LogP contribution < -0.4 is 5.32 Å². The predicted octanol–water partition coefficient (Wildman–Crippen LogP) is 4.38. The predicted molar refractivity (Wildman–Crippen MR) is 66.6 cm³/mol. The zero-order chi connectivity index (χ0) is 11.5. The molecule has 16 heavy (non-hydrogen) atoms. The van der Waals surface area contributed by atoms with Crippen molar-refractivity contribution >= 4 is 38.9 Å². The molecule has 1 aromatic carbocycles. The summed E-state index contributed by atoms with van der Waals surface area (Å²) in [4.78, 5) is 4.00. The normalized spacial score (nSPS) is 10.2. The Bertz CT molecular complexity index is 519. The van der Waals surface area contributed by atoms with E-state index in [0.717, 1.165) is 10.2 Å². The molecule has 0 aliphatic heterocycles. The van der Waals surface area contributed by atoms with E-state index in [-0.39, 0.29) is 5.02 Å². The molecule has 1 N–H and O–H groups in total. The molecule has 0 aliphatic carbocycles. The summed E-state index contributed by atoms with van der Waals surface area (Å²) in [5, 5.41) is 3.16. The quantitative estimate of drug-likeness (QED) is 0.890. The standard InChI is InChI=1S/C11H7BrClFN2/c12-7-3-9(6-15-5-7)16-8-1-2-11(14)10(13)4-8/h1-6,16H. The zero-order valence-corrected chi connectivity index (χ0v) is 10.4. The Balaban J connectivity index is 2.24. The molecule has 0 spiro atoms. The topological polar surface area (TPSA) is 24.9 Å². The molecule has 2 aromatic rings. The molecule has 1 aromatic heterocycles. The van der Waals surface area contributed by atoms with Gasteiger partial charge in [0.25, 0.3) is 0 Å². The average molecular weight is 302 g/mol. The lowest BCUT2D eigenvalue weighted by Gasteiger charge is -2.06. The zero-order valence-electron chi connectivity index (χ0n) is 8.05. The Morgan fingerprint density at radius 1 is 1.19 bits per heavy atom. The smallest absolute Gasteiger partial charge is 0.141 e. The molecule has 0 fully saturated rings. The monoisotopic (exact) mass is 300 g/mol. The highest BCUT2D eigenvalue weighted by Gasteiger charge is 2.01. The molecule has 0 atom stereocenters. The van der Waals surface area contributed by atoms with Crippen molar-refractivity contribution in [3.63, 3.8) is 0 Å². The highest BCUT2D eigenvalue weighted by Crippen LogP contribution is 2.23. The number of benzene rings is 1. The molecule has 0 radical (unpaired) electrons. The first kappa shape index (κ1) is 11.4. The summed E-state index contributed by atoms with van der Waals surface area (Å²) in [6.45, 7) is 0. The van der Waals surface area contributed by atoms with Gasteiger partial charge in [0.15, 0.2) is 0 Å². The van der Waals surface area contributed by atoms with Crippen LogP contribution >= 0.6 is 27.5 Å². The molecule has 0 bridgehead atoms. The number of anilines is 2. The fourth-order valence-corrected chi connectivity index (χ4v) is 1.77. The highest BCUT2D eigenvalue weighted by atomic mass is 79.9. The summed E-state index contributed by atoms with van der Waals surface area (Å²) >= 11 is 8.98. The van der Waals surface area contributed by atoms with Gasteiger partial charge in [-0.3, -0.25) is 4.98 Å². The van der Waals surface area contributed by atoms with Crippen LogP contribution in [0.3, 0.4) is 0 Å². The second-order valence-electron chi connectivity index (χ2n) is 3.15. The maximum absolute atomic E-state index is 12.9. The summed E-state index contributed by atoms with van der Waals surface area (Å²) in [7, 11) is 0. The first-order valence-electron chi connectivity index (χ1n) is 4.48. The van der Waals surface area contributed by atoms with E-state index in [9.17, 15) is 4.39 Å². The van der Waals surface area contributed by atoms with Crippen LogP contribution in [0.2, 0.25) is 5.02 Å². The van der Waals surface area contributed by atoms with Crippen molar-refractivity contribution in [2.24, 2.45) is 0 Å². The number of nitrogens with one attached hydrogen (secondary N) is 1. The lowest BCUT2D eigenvalue weighted by atomic mass is 10.3. The van der Waals surface area contributed by atoms with Gasteiger partial charge in [-0.2, -0.15) is 0 Å². The molecule has 0 aliphatic rings. The van der Waals surface area contributed by atoms with E-state index in [0.29, 0.717) is 5.69 Å². The second kappa shape index (κ2) is 4.80. The number of hydrogen-bond donors (Lipinski definition) is 1. The van der Waals surface area contributed by atoms with Gasteiger partial charge < -0.3 is 5.32 Å². The Morgan fingerprint density at radius 2 is 2.00 bits per heavy atom. The van der Waals surface area contributed by atoms with E-state index in [1.165, 1.54) is 12.1 Å². The molecule has 2 nitrogen and oxygen atoms in total. The lowest BCUT2D eigenvalue weighted by Crippen LogP contribution is -1.91. The molecule has 0 amide bonds. The van der Waals surface area contributed by atoms with Crippen LogP contribution in [-0.2, 0) is 0 Å². The number of pyridine rings is 1. The third-order valence-corrected chi connectivity index (χ3v) is 2.64. The third-order valence-electron chi connectivity index (χ3n) is 1.91. The van der Waals surface area contributed by atoms with E-state index in [2.05, 4.69) is 26.2 Å². The van der Waals surface area contributed by atoms with E-state index in [1.54, 1.807) is 18.5 Å². The second-order valence-corrected chi connectivity index (χ2v) is 4.47. The number of aromatic nitrogens is 1. The van der Waals surface area contributed by atoms with Gasteiger partial charge in [-0.15, -0.1) is 0 Å². The van der Waals surface area contributed by atoms with Crippen LogP contribution in [0, 0.1) is 5.82 Å². The Labute approximate surface area is 106 Å². The van der Waals surface area contributed by atoms with Crippen molar-refractivity contribution in [3.05, 3.63) is 52.0 Å². The first-order chi connectivity index (χ1) is 7.65. The fraction of sp³-hybridized carbons (Fsp3) is 0. The number of hydrogen-bond acceptors (Lipinski definition) is 2. The van der Waals surface area contributed by atoms with E-state index >= 15 is 0 Å². The van der Waals surface area contributed by atoms with Gasteiger partial charge >= 0.3 is 0 Å². The molecule has 0 saturated carbocycles. The molecular weight excluding hydrogens is 294 g/mol. The van der Waals surface area contributed by atoms with Crippen molar-refractivity contribution < 1.29 is 4.39 Å².